The van der Waals surface area contributed by atoms with Crippen molar-refractivity contribution in [3.63, 3.8) is 0 Å². The molecule has 0 heterocycles. The van der Waals surface area contributed by atoms with Crippen molar-refractivity contribution in [2.45, 2.75) is 57.9 Å². The Morgan fingerprint density at radius 1 is 1.18 bits per heavy atom. The molecule has 0 amide bonds. The standard InChI is InChI=1S/C14H28O2Si/c1-11(2)9-13(17(15-3)16-4)14-7-5-12(10-14)6-8-14/h11-13,17H,5-10H2,1-4H3. The van der Waals surface area contributed by atoms with E-state index >= 15 is 0 Å². The number of hydrogen-bond acceptors (Lipinski definition) is 2. The molecule has 2 fully saturated rings. The Bertz CT molecular complexity index is 243. The van der Waals surface area contributed by atoms with Gasteiger partial charge in [0.05, 0.1) is 0 Å². The molecule has 2 aliphatic carbocycles. The summed E-state index contributed by atoms with van der Waals surface area (Å²) in [6, 6.07) is 0. The summed E-state index contributed by atoms with van der Waals surface area (Å²) in [5, 5.41) is 0. The third-order valence-electron chi connectivity index (χ3n) is 5.10. The van der Waals surface area contributed by atoms with Gasteiger partial charge >= 0.3 is 9.28 Å². The van der Waals surface area contributed by atoms with Crippen LogP contribution < -0.4 is 0 Å². The van der Waals surface area contributed by atoms with Gasteiger partial charge in [0, 0.05) is 19.8 Å². The van der Waals surface area contributed by atoms with Crippen LogP contribution in [0.25, 0.3) is 0 Å². The predicted molar refractivity (Wildman–Crippen MR) is 73.4 cm³/mol. The first-order valence-corrected chi connectivity index (χ1v) is 8.78. The molecule has 2 bridgehead atoms. The Labute approximate surface area is 108 Å². The lowest BCUT2D eigenvalue weighted by atomic mass is 9.78. The van der Waals surface area contributed by atoms with Gasteiger partial charge in [-0.05, 0) is 55.8 Å². The Balaban J connectivity index is 2.14. The van der Waals surface area contributed by atoms with Crippen LogP contribution in [-0.4, -0.2) is 23.5 Å². The smallest absolute Gasteiger partial charge is 0.324 e. The first-order chi connectivity index (χ1) is 8.11. The molecular formula is C14H28O2Si. The molecule has 1 unspecified atom stereocenters. The minimum Gasteiger partial charge on any atom is -0.400 e. The highest BCUT2D eigenvalue weighted by atomic mass is 28.3. The quantitative estimate of drug-likeness (QED) is 0.677. The lowest BCUT2D eigenvalue weighted by Gasteiger charge is -2.39. The predicted octanol–water partition coefficient (Wildman–Crippen LogP) is 3.50. The molecule has 17 heavy (non-hydrogen) atoms. The lowest BCUT2D eigenvalue weighted by Crippen LogP contribution is -2.37. The third-order valence-corrected chi connectivity index (χ3v) is 7.67. The van der Waals surface area contributed by atoms with Gasteiger partial charge in [0.1, 0.15) is 0 Å². The summed E-state index contributed by atoms with van der Waals surface area (Å²) < 4.78 is 11.5. The molecule has 0 aromatic rings. The molecule has 0 N–H and O–H groups in total. The van der Waals surface area contributed by atoms with Gasteiger partial charge in [-0.15, -0.1) is 0 Å². The maximum Gasteiger partial charge on any atom is 0.324 e. The van der Waals surface area contributed by atoms with Crippen LogP contribution >= 0.6 is 0 Å². The van der Waals surface area contributed by atoms with E-state index in [4.69, 9.17) is 8.85 Å². The maximum atomic E-state index is 5.74. The Morgan fingerprint density at radius 3 is 2.12 bits per heavy atom. The monoisotopic (exact) mass is 256 g/mol. The van der Waals surface area contributed by atoms with Crippen LogP contribution in [0, 0.1) is 17.3 Å². The van der Waals surface area contributed by atoms with Crippen molar-refractivity contribution in [3.8, 4) is 0 Å². The Morgan fingerprint density at radius 2 is 1.76 bits per heavy atom. The van der Waals surface area contributed by atoms with Gasteiger partial charge in [-0.1, -0.05) is 13.8 Å². The SMILES string of the molecule is CO[SiH](OC)C(CC(C)C)C12CCC(CC1)C2. The van der Waals surface area contributed by atoms with Crippen LogP contribution in [0.2, 0.25) is 5.54 Å². The molecule has 2 saturated carbocycles. The van der Waals surface area contributed by atoms with Crippen molar-refractivity contribution in [2.24, 2.45) is 17.3 Å². The summed E-state index contributed by atoms with van der Waals surface area (Å²) in [6.45, 7) is 4.67. The number of hydrogen-bond donors (Lipinski definition) is 0. The largest absolute Gasteiger partial charge is 0.400 e. The van der Waals surface area contributed by atoms with Gasteiger partial charge in [-0.3, -0.25) is 0 Å². The second kappa shape index (κ2) is 5.41. The number of fused-ring (bicyclic) bond motifs is 2. The van der Waals surface area contributed by atoms with Crippen LogP contribution in [0.1, 0.15) is 52.4 Å². The lowest BCUT2D eigenvalue weighted by molar-refractivity contribution is 0.181. The van der Waals surface area contributed by atoms with E-state index in [-0.39, 0.29) is 0 Å². The molecule has 1 atom stereocenters. The van der Waals surface area contributed by atoms with Gasteiger partial charge in [-0.2, -0.15) is 0 Å². The molecule has 3 heteroatoms. The van der Waals surface area contributed by atoms with Gasteiger partial charge < -0.3 is 8.85 Å². The Hall–Kier alpha value is 0.137. The van der Waals surface area contributed by atoms with E-state index in [9.17, 15) is 0 Å². The van der Waals surface area contributed by atoms with Crippen LogP contribution in [0.15, 0.2) is 0 Å². The van der Waals surface area contributed by atoms with Crippen LogP contribution in [0.3, 0.4) is 0 Å². The van der Waals surface area contributed by atoms with Crippen molar-refractivity contribution < 1.29 is 8.85 Å². The van der Waals surface area contributed by atoms with Crippen LogP contribution in [0.4, 0.5) is 0 Å². The van der Waals surface area contributed by atoms with Gasteiger partial charge in [-0.25, -0.2) is 0 Å². The number of rotatable bonds is 6. The molecule has 0 saturated heterocycles. The van der Waals surface area contributed by atoms with E-state index in [0.717, 1.165) is 17.4 Å². The molecule has 0 radical (unpaired) electrons. The van der Waals surface area contributed by atoms with E-state index in [0.29, 0.717) is 5.41 Å². The molecule has 0 aliphatic heterocycles. The average molecular weight is 256 g/mol. The normalized spacial score (nSPS) is 33.9. The zero-order valence-corrected chi connectivity index (χ0v) is 13.0. The molecular weight excluding hydrogens is 228 g/mol. The minimum atomic E-state index is -1.47. The molecule has 100 valence electrons. The summed E-state index contributed by atoms with van der Waals surface area (Å²) in [7, 11) is 2.23. The molecule has 2 rings (SSSR count). The Kier molecular flexibility index (Phi) is 4.32. The summed E-state index contributed by atoms with van der Waals surface area (Å²) in [6.07, 6.45) is 8.55. The summed E-state index contributed by atoms with van der Waals surface area (Å²) in [5.74, 6) is 1.78. The fourth-order valence-corrected chi connectivity index (χ4v) is 7.00. The molecule has 0 aromatic heterocycles. The molecule has 2 aliphatic rings. The van der Waals surface area contributed by atoms with Gasteiger partial charge in [0.15, 0.2) is 0 Å². The third kappa shape index (κ3) is 2.61. The second-order valence-electron chi connectivity index (χ2n) is 6.59. The maximum absolute atomic E-state index is 5.74. The average Bonchev–Trinajstić information content (AvgIpc) is 2.90. The van der Waals surface area contributed by atoms with Crippen molar-refractivity contribution in [2.75, 3.05) is 14.2 Å². The van der Waals surface area contributed by atoms with Gasteiger partial charge in [0.25, 0.3) is 0 Å². The fraction of sp³-hybridized carbons (Fsp3) is 1.00. The molecule has 2 nitrogen and oxygen atoms in total. The minimum absolute atomic E-state index is 0.595. The molecule has 0 spiro atoms. The van der Waals surface area contributed by atoms with Crippen molar-refractivity contribution in [1.29, 1.82) is 0 Å². The van der Waals surface area contributed by atoms with Gasteiger partial charge in [0.2, 0.25) is 0 Å². The summed E-state index contributed by atoms with van der Waals surface area (Å²) >= 11 is 0. The fourth-order valence-electron chi connectivity index (χ4n) is 4.34. The highest BCUT2D eigenvalue weighted by Gasteiger charge is 2.52. The highest BCUT2D eigenvalue weighted by Crippen LogP contribution is 2.62. The van der Waals surface area contributed by atoms with Crippen LogP contribution in [0.5, 0.6) is 0 Å². The zero-order chi connectivity index (χ0) is 12.5. The van der Waals surface area contributed by atoms with E-state index in [1.165, 1.54) is 38.5 Å². The van der Waals surface area contributed by atoms with E-state index in [1.54, 1.807) is 0 Å². The van der Waals surface area contributed by atoms with Crippen molar-refractivity contribution in [3.05, 3.63) is 0 Å². The highest BCUT2D eigenvalue weighted by molar-refractivity contribution is 6.46. The second-order valence-corrected chi connectivity index (χ2v) is 9.07. The van der Waals surface area contributed by atoms with Crippen molar-refractivity contribution in [1.82, 2.24) is 0 Å². The summed E-state index contributed by atoms with van der Waals surface area (Å²) in [5.41, 5.74) is 1.32. The first kappa shape index (κ1) is 13.6. The summed E-state index contributed by atoms with van der Waals surface area (Å²) in [4.78, 5) is 0. The molecule has 0 aromatic carbocycles. The van der Waals surface area contributed by atoms with E-state index in [1.807, 2.05) is 14.2 Å². The van der Waals surface area contributed by atoms with E-state index in [2.05, 4.69) is 13.8 Å². The zero-order valence-electron chi connectivity index (χ0n) is 11.9. The van der Waals surface area contributed by atoms with Crippen molar-refractivity contribution >= 4 is 9.28 Å². The van der Waals surface area contributed by atoms with E-state index < -0.39 is 9.28 Å². The topological polar surface area (TPSA) is 18.5 Å². The first-order valence-electron chi connectivity index (χ1n) is 7.17. The van der Waals surface area contributed by atoms with Crippen LogP contribution in [-0.2, 0) is 8.85 Å².